The third-order valence-electron chi connectivity index (χ3n) is 2.90. The average molecular weight is 208 g/mol. The van der Waals surface area contributed by atoms with Gasteiger partial charge in [-0.2, -0.15) is 0 Å². The van der Waals surface area contributed by atoms with Gasteiger partial charge in [0.25, 0.3) is 0 Å². The van der Waals surface area contributed by atoms with Crippen LogP contribution < -0.4 is 0 Å². The number of aliphatic hydroxyl groups is 6. The lowest BCUT2D eigenvalue weighted by molar-refractivity contribution is -0.195. The van der Waals surface area contributed by atoms with E-state index in [1.54, 1.807) is 0 Å². The van der Waals surface area contributed by atoms with Gasteiger partial charge >= 0.3 is 0 Å². The monoisotopic (exact) mass is 208 g/mol. The first kappa shape index (κ1) is 11.8. The van der Waals surface area contributed by atoms with Crippen LogP contribution in [-0.4, -0.2) is 68.3 Å². The molecule has 84 valence electrons. The SMILES string of the molecule is OC[C@@H]1[C@H](O)[C@@H](O)[C@@H](O)[C@@H](O)[C@@H]1CO. The van der Waals surface area contributed by atoms with Gasteiger partial charge in [0.15, 0.2) is 0 Å². The third-order valence-corrected chi connectivity index (χ3v) is 2.90. The molecule has 0 aromatic carbocycles. The van der Waals surface area contributed by atoms with Crippen LogP contribution in [0.5, 0.6) is 0 Å². The van der Waals surface area contributed by atoms with Gasteiger partial charge < -0.3 is 30.6 Å². The van der Waals surface area contributed by atoms with E-state index in [2.05, 4.69) is 0 Å². The van der Waals surface area contributed by atoms with Crippen molar-refractivity contribution in [2.75, 3.05) is 13.2 Å². The zero-order valence-corrected chi connectivity index (χ0v) is 7.56. The molecule has 1 saturated carbocycles. The second kappa shape index (κ2) is 4.52. The molecule has 1 aliphatic rings. The van der Waals surface area contributed by atoms with Crippen LogP contribution in [0.3, 0.4) is 0 Å². The highest BCUT2D eigenvalue weighted by Gasteiger charge is 2.47. The van der Waals surface area contributed by atoms with Gasteiger partial charge in [-0.3, -0.25) is 0 Å². The number of aliphatic hydroxyl groups excluding tert-OH is 6. The van der Waals surface area contributed by atoms with Crippen molar-refractivity contribution in [1.29, 1.82) is 0 Å². The highest BCUT2D eigenvalue weighted by Crippen LogP contribution is 2.30. The molecule has 0 bridgehead atoms. The minimum Gasteiger partial charge on any atom is -0.396 e. The smallest absolute Gasteiger partial charge is 0.109 e. The molecular formula is C8H16O6. The molecule has 0 radical (unpaired) electrons. The normalized spacial score (nSPS) is 49.3. The quantitative estimate of drug-likeness (QED) is 0.282. The summed E-state index contributed by atoms with van der Waals surface area (Å²) in [5.41, 5.74) is 0. The Morgan fingerprint density at radius 3 is 1.07 bits per heavy atom. The molecule has 0 spiro atoms. The molecule has 0 heterocycles. The van der Waals surface area contributed by atoms with Crippen LogP contribution in [0.4, 0.5) is 0 Å². The third kappa shape index (κ3) is 1.77. The van der Waals surface area contributed by atoms with Crippen LogP contribution in [0.1, 0.15) is 0 Å². The van der Waals surface area contributed by atoms with E-state index in [1.807, 2.05) is 0 Å². The fourth-order valence-electron chi connectivity index (χ4n) is 1.90. The van der Waals surface area contributed by atoms with Crippen LogP contribution in [0, 0.1) is 11.8 Å². The van der Waals surface area contributed by atoms with Crippen molar-refractivity contribution in [2.24, 2.45) is 11.8 Å². The molecule has 1 aliphatic carbocycles. The minimum absolute atomic E-state index is 0.465. The van der Waals surface area contributed by atoms with E-state index in [-0.39, 0.29) is 0 Å². The number of hydrogen-bond donors (Lipinski definition) is 6. The van der Waals surface area contributed by atoms with E-state index in [9.17, 15) is 20.4 Å². The lowest BCUT2D eigenvalue weighted by Gasteiger charge is -2.42. The second-order valence-electron chi connectivity index (χ2n) is 3.66. The Morgan fingerprint density at radius 1 is 0.571 bits per heavy atom. The molecule has 6 nitrogen and oxygen atoms in total. The van der Waals surface area contributed by atoms with Crippen molar-refractivity contribution < 1.29 is 30.6 Å². The summed E-state index contributed by atoms with van der Waals surface area (Å²) in [4.78, 5) is 0. The zero-order valence-electron chi connectivity index (χ0n) is 7.56. The molecular weight excluding hydrogens is 192 g/mol. The maximum Gasteiger partial charge on any atom is 0.109 e. The standard InChI is InChI=1S/C8H16O6/c9-1-3-4(2-10)6(12)8(14)7(13)5(3)11/h3-14H,1-2H2/t3-,4+,5-,6-,7+,8-/m0/s1. The Kier molecular flexibility index (Phi) is 3.82. The highest BCUT2D eigenvalue weighted by atomic mass is 16.4. The molecule has 1 rings (SSSR count). The summed E-state index contributed by atoms with van der Waals surface area (Å²) in [7, 11) is 0. The number of rotatable bonds is 2. The summed E-state index contributed by atoms with van der Waals surface area (Å²) in [5.74, 6) is -1.65. The summed E-state index contributed by atoms with van der Waals surface area (Å²) in [5, 5.41) is 55.2. The summed E-state index contributed by atoms with van der Waals surface area (Å²) in [6, 6.07) is 0. The van der Waals surface area contributed by atoms with Crippen LogP contribution in [0.25, 0.3) is 0 Å². The molecule has 0 aromatic rings. The van der Waals surface area contributed by atoms with Gasteiger partial charge in [-0.15, -0.1) is 0 Å². The highest BCUT2D eigenvalue weighted by molar-refractivity contribution is 4.97. The molecule has 6 heteroatoms. The molecule has 0 saturated heterocycles. The average Bonchev–Trinajstić information content (AvgIpc) is 2.20. The van der Waals surface area contributed by atoms with E-state index in [0.29, 0.717) is 0 Å². The molecule has 6 atom stereocenters. The van der Waals surface area contributed by atoms with E-state index >= 15 is 0 Å². The Balaban J connectivity index is 2.84. The Bertz CT molecular complexity index is 167. The molecule has 0 amide bonds. The minimum atomic E-state index is -1.50. The predicted octanol–water partition coefficient (Wildman–Crippen LogP) is -3.34. The van der Waals surface area contributed by atoms with Gasteiger partial charge in [0.05, 0.1) is 12.2 Å². The lowest BCUT2D eigenvalue weighted by atomic mass is 9.73. The molecule has 0 unspecified atom stereocenters. The molecule has 14 heavy (non-hydrogen) atoms. The lowest BCUT2D eigenvalue weighted by Crippen LogP contribution is -2.60. The first-order valence-electron chi connectivity index (χ1n) is 4.48. The van der Waals surface area contributed by atoms with Gasteiger partial charge in [-0.05, 0) is 0 Å². The van der Waals surface area contributed by atoms with Gasteiger partial charge in [-0.25, -0.2) is 0 Å². The van der Waals surface area contributed by atoms with Gasteiger partial charge in [0.2, 0.25) is 0 Å². The maximum absolute atomic E-state index is 9.43. The largest absolute Gasteiger partial charge is 0.396 e. The number of hydrogen-bond acceptors (Lipinski definition) is 6. The Labute approximate surface area is 81.1 Å². The first-order chi connectivity index (χ1) is 6.54. The van der Waals surface area contributed by atoms with E-state index < -0.39 is 49.5 Å². The van der Waals surface area contributed by atoms with Crippen LogP contribution >= 0.6 is 0 Å². The second-order valence-corrected chi connectivity index (χ2v) is 3.66. The van der Waals surface area contributed by atoms with Crippen molar-refractivity contribution >= 4 is 0 Å². The summed E-state index contributed by atoms with van der Waals surface area (Å²) in [6.07, 6.45) is -5.67. The van der Waals surface area contributed by atoms with Crippen LogP contribution in [0.15, 0.2) is 0 Å². The van der Waals surface area contributed by atoms with Gasteiger partial charge in [0.1, 0.15) is 12.2 Å². The molecule has 1 fully saturated rings. The molecule has 6 N–H and O–H groups in total. The van der Waals surface area contributed by atoms with Crippen molar-refractivity contribution in [3.8, 4) is 0 Å². The van der Waals surface area contributed by atoms with E-state index in [4.69, 9.17) is 10.2 Å². The maximum atomic E-state index is 9.43. The predicted molar refractivity (Wildman–Crippen MR) is 45.2 cm³/mol. The fourth-order valence-corrected chi connectivity index (χ4v) is 1.90. The molecule has 0 aliphatic heterocycles. The van der Waals surface area contributed by atoms with Crippen molar-refractivity contribution in [3.63, 3.8) is 0 Å². The van der Waals surface area contributed by atoms with Crippen molar-refractivity contribution in [2.45, 2.75) is 24.4 Å². The first-order valence-corrected chi connectivity index (χ1v) is 4.48. The Morgan fingerprint density at radius 2 is 0.857 bits per heavy atom. The van der Waals surface area contributed by atoms with Crippen LogP contribution in [0.2, 0.25) is 0 Å². The van der Waals surface area contributed by atoms with Crippen molar-refractivity contribution in [1.82, 2.24) is 0 Å². The van der Waals surface area contributed by atoms with Gasteiger partial charge in [0, 0.05) is 25.0 Å². The fraction of sp³-hybridized carbons (Fsp3) is 1.00. The topological polar surface area (TPSA) is 121 Å². The van der Waals surface area contributed by atoms with Crippen LogP contribution in [-0.2, 0) is 0 Å². The van der Waals surface area contributed by atoms with Crippen molar-refractivity contribution in [3.05, 3.63) is 0 Å². The summed E-state index contributed by atoms with van der Waals surface area (Å²) < 4.78 is 0. The summed E-state index contributed by atoms with van der Waals surface area (Å²) in [6.45, 7) is -0.930. The van der Waals surface area contributed by atoms with E-state index in [1.165, 1.54) is 0 Å². The molecule has 0 aromatic heterocycles. The van der Waals surface area contributed by atoms with E-state index in [0.717, 1.165) is 0 Å². The Hall–Kier alpha value is -0.240. The van der Waals surface area contributed by atoms with Gasteiger partial charge in [-0.1, -0.05) is 0 Å². The zero-order chi connectivity index (χ0) is 10.9. The summed E-state index contributed by atoms with van der Waals surface area (Å²) >= 11 is 0.